The van der Waals surface area contributed by atoms with Crippen molar-refractivity contribution in [3.05, 3.63) is 28.2 Å². The smallest absolute Gasteiger partial charge is 0.271 e. The predicted octanol–water partition coefficient (Wildman–Crippen LogP) is 1.63. The van der Waals surface area contributed by atoms with Crippen molar-refractivity contribution in [2.75, 3.05) is 4.72 Å². The maximum absolute atomic E-state index is 10.8. The summed E-state index contributed by atoms with van der Waals surface area (Å²) >= 11 is 3.31. The van der Waals surface area contributed by atoms with E-state index in [1.54, 1.807) is 12.1 Å². The van der Waals surface area contributed by atoms with Gasteiger partial charge in [-0.25, -0.2) is 5.14 Å². The van der Waals surface area contributed by atoms with Crippen molar-refractivity contribution in [2.24, 2.45) is 5.14 Å². The van der Waals surface area contributed by atoms with Crippen LogP contribution in [0.25, 0.3) is 0 Å². The van der Waals surface area contributed by atoms with E-state index >= 15 is 0 Å². The van der Waals surface area contributed by atoms with E-state index in [-0.39, 0.29) is 0 Å². The van der Waals surface area contributed by atoms with Crippen molar-refractivity contribution in [1.29, 1.82) is 0 Å². The van der Waals surface area contributed by atoms with Crippen molar-refractivity contribution < 1.29 is 8.42 Å². The average Bonchev–Trinajstić information content (AvgIpc) is 2.06. The Morgan fingerprint density at radius 3 is 2.64 bits per heavy atom. The first-order valence-electron chi connectivity index (χ1n) is 4.01. The Kier molecular flexibility index (Phi) is 3.52. The minimum atomic E-state index is -3.69. The molecular formula is C8H11BrN2O2S. The molecule has 0 aliphatic carbocycles. The maximum Gasteiger partial charge on any atom is 0.296 e. The van der Waals surface area contributed by atoms with E-state index in [1.807, 2.05) is 13.0 Å². The van der Waals surface area contributed by atoms with Crippen LogP contribution in [0, 0.1) is 0 Å². The van der Waals surface area contributed by atoms with Gasteiger partial charge in [-0.2, -0.15) is 8.42 Å². The molecular weight excluding hydrogens is 268 g/mol. The van der Waals surface area contributed by atoms with Gasteiger partial charge in [-0.15, -0.1) is 0 Å². The first-order valence-corrected chi connectivity index (χ1v) is 6.35. The molecule has 0 atom stereocenters. The highest BCUT2D eigenvalue weighted by Crippen LogP contribution is 2.21. The van der Waals surface area contributed by atoms with E-state index in [9.17, 15) is 8.42 Å². The fourth-order valence-electron chi connectivity index (χ4n) is 1.11. The topological polar surface area (TPSA) is 72.2 Å². The van der Waals surface area contributed by atoms with Gasteiger partial charge in [0.1, 0.15) is 0 Å². The third-order valence-electron chi connectivity index (χ3n) is 1.70. The maximum atomic E-state index is 10.8. The standard InChI is InChI=1S/C8H11BrN2O2S/c1-2-6-5-7(9)3-4-8(6)11-14(10,12)13/h3-5,11H,2H2,1H3,(H2,10,12,13). The summed E-state index contributed by atoms with van der Waals surface area (Å²) in [4.78, 5) is 0. The van der Waals surface area contributed by atoms with Gasteiger partial charge in [0.2, 0.25) is 0 Å². The molecule has 0 amide bonds. The molecule has 0 radical (unpaired) electrons. The molecule has 1 aromatic carbocycles. The van der Waals surface area contributed by atoms with Gasteiger partial charge in [-0.1, -0.05) is 22.9 Å². The minimum absolute atomic E-state index is 0.526. The number of aryl methyl sites for hydroxylation is 1. The van der Waals surface area contributed by atoms with Gasteiger partial charge in [0.25, 0.3) is 10.2 Å². The first-order chi connectivity index (χ1) is 6.42. The summed E-state index contributed by atoms with van der Waals surface area (Å²) in [6.07, 6.45) is 0.733. The van der Waals surface area contributed by atoms with Gasteiger partial charge in [0, 0.05) is 4.47 Å². The van der Waals surface area contributed by atoms with Crippen molar-refractivity contribution in [1.82, 2.24) is 0 Å². The molecule has 0 heterocycles. The Labute approximate surface area is 91.8 Å². The van der Waals surface area contributed by atoms with Gasteiger partial charge in [0.15, 0.2) is 0 Å². The second kappa shape index (κ2) is 4.29. The molecule has 0 bridgehead atoms. The number of rotatable bonds is 3. The Hall–Kier alpha value is -0.590. The third kappa shape index (κ3) is 3.28. The Morgan fingerprint density at radius 2 is 2.14 bits per heavy atom. The molecule has 14 heavy (non-hydrogen) atoms. The average molecular weight is 279 g/mol. The lowest BCUT2D eigenvalue weighted by atomic mass is 10.1. The molecule has 0 aromatic heterocycles. The highest BCUT2D eigenvalue weighted by molar-refractivity contribution is 9.10. The molecule has 0 aliphatic heterocycles. The van der Waals surface area contributed by atoms with Crippen LogP contribution in [0.3, 0.4) is 0 Å². The van der Waals surface area contributed by atoms with Crippen LogP contribution in [-0.2, 0) is 16.6 Å². The lowest BCUT2D eigenvalue weighted by molar-refractivity contribution is 0.603. The van der Waals surface area contributed by atoms with Crippen LogP contribution in [-0.4, -0.2) is 8.42 Å². The van der Waals surface area contributed by atoms with Crippen molar-refractivity contribution in [3.63, 3.8) is 0 Å². The molecule has 0 spiro atoms. The number of anilines is 1. The van der Waals surface area contributed by atoms with Gasteiger partial charge in [-0.05, 0) is 30.2 Å². The number of hydrogen-bond acceptors (Lipinski definition) is 2. The number of benzene rings is 1. The summed E-state index contributed by atoms with van der Waals surface area (Å²) in [6.45, 7) is 1.94. The van der Waals surface area contributed by atoms with Gasteiger partial charge >= 0.3 is 0 Å². The van der Waals surface area contributed by atoms with Crippen LogP contribution < -0.4 is 9.86 Å². The zero-order chi connectivity index (χ0) is 10.8. The van der Waals surface area contributed by atoms with Crippen LogP contribution in [0.4, 0.5) is 5.69 Å². The number of nitrogens with one attached hydrogen (secondary N) is 1. The highest BCUT2D eigenvalue weighted by Gasteiger charge is 2.06. The summed E-state index contributed by atoms with van der Waals surface area (Å²) in [5, 5.41) is 4.88. The first kappa shape index (κ1) is 11.5. The molecule has 3 N–H and O–H groups in total. The largest absolute Gasteiger partial charge is 0.296 e. The van der Waals surface area contributed by atoms with E-state index in [0.29, 0.717) is 5.69 Å². The van der Waals surface area contributed by atoms with Crippen LogP contribution in [0.2, 0.25) is 0 Å². The highest BCUT2D eigenvalue weighted by atomic mass is 79.9. The van der Waals surface area contributed by atoms with E-state index in [4.69, 9.17) is 5.14 Å². The molecule has 1 aromatic rings. The van der Waals surface area contributed by atoms with Gasteiger partial charge < -0.3 is 0 Å². The molecule has 0 saturated carbocycles. The molecule has 0 fully saturated rings. The predicted molar refractivity (Wildman–Crippen MR) is 60.2 cm³/mol. The van der Waals surface area contributed by atoms with E-state index < -0.39 is 10.2 Å². The second-order valence-electron chi connectivity index (χ2n) is 2.80. The van der Waals surface area contributed by atoms with Crippen molar-refractivity contribution >= 4 is 31.8 Å². The summed E-state index contributed by atoms with van der Waals surface area (Å²) < 4.78 is 24.8. The normalized spacial score (nSPS) is 11.4. The fraction of sp³-hybridized carbons (Fsp3) is 0.250. The molecule has 0 saturated heterocycles. The molecule has 0 aliphatic rings. The fourth-order valence-corrected chi connectivity index (χ4v) is 2.02. The Morgan fingerprint density at radius 1 is 1.50 bits per heavy atom. The molecule has 4 nitrogen and oxygen atoms in total. The molecule has 78 valence electrons. The summed E-state index contributed by atoms with van der Waals surface area (Å²) in [6, 6.07) is 5.29. The summed E-state index contributed by atoms with van der Waals surface area (Å²) in [5.74, 6) is 0. The quantitative estimate of drug-likeness (QED) is 0.882. The third-order valence-corrected chi connectivity index (χ3v) is 2.70. The van der Waals surface area contributed by atoms with Crippen molar-refractivity contribution in [3.8, 4) is 0 Å². The number of halogens is 1. The van der Waals surface area contributed by atoms with E-state index in [1.165, 1.54) is 0 Å². The van der Waals surface area contributed by atoms with Crippen LogP contribution in [0.15, 0.2) is 22.7 Å². The molecule has 1 rings (SSSR count). The summed E-state index contributed by atoms with van der Waals surface area (Å²) in [7, 11) is -3.69. The lowest BCUT2D eigenvalue weighted by Gasteiger charge is -2.08. The second-order valence-corrected chi connectivity index (χ2v) is 5.01. The number of nitrogens with two attached hydrogens (primary N) is 1. The Balaban J connectivity index is 3.09. The summed E-state index contributed by atoms with van der Waals surface area (Å²) in [5.41, 5.74) is 1.42. The number of hydrogen-bond donors (Lipinski definition) is 2. The molecule has 6 heteroatoms. The van der Waals surface area contributed by atoms with Crippen molar-refractivity contribution in [2.45, 2.75) is 13.3 Å². The zero-order valence-corrected chi connectivity index (χ0v) is 10.0. The van der Waals surface area contributed by atoms with E-state index in [2.05, 4.69) is 20.7 Å². The lowest BCUT2D eigenvalue weighted by Crippen LogP contribution is -2.22. The van der Waals surface area contributed by atoms with Crippen LogP contribution in [0.5, 0.6) is 0 Å². The van der Waals surface area contributed by atoms with Crippen LogP contribution in [0.1, 0.15) is 12.5 Å². The van der Waals surface area contributed by atoms with Gasteiger partial charge in [0.05, 0.1) is 5.69 Å². The van der Waals surface area contributed by atoms with E-state index in [0.717, 1.165) is 16.5 Å². The molecule has 0 unspecified atom stereocenters. The zero-order valence-electron chi connectivity index (χ0n) is 7.62. The van der Waals surface area contributed by atoms with Crippen LogP contribution >= 0.6 is 15.9 Å². The Bertz CT molecular complexity index is 431. The monoisotopic (exact) mass is 278 g/mol. The minimum Gasteiger partial charge on any atom is -0.271 e. The van der Waals surface area contributed by atoms with Gasteiger partial charge in [-0.3, -0.25) is 4.72 Å². The SMILES string of the molecule is CCc1cc(Br)ccc1NS(N)(=O)=O.